The number of methoxy groups -OCH3 is 5. The summed E-state index contributed by atoms with van der Waals surface area (Å²) in [7, 11) is 3.13. The van der Waals surface area contributed by atoms with Gasteiger partial charge in [0, 0.05) is 11.6 Å². The first-order valence-corrected chi connectivity index (χ1v) is 12.6. The smallest absolute Gasteiger partial charge is 0.264 e. The number of amides is 1. The van der Waals surface area contributed by atoms with Gasteiger partial charge >= 0.3 is 0 Å². The van der Waals surface area contributed by atoms with Crippen LogP contribution in [0.2, 0.25) is 0 Å². The first kappa shape index (κ1) is 28.1. The van der Waals surface area contributed by atoms with Gasteiger partial charge in [0.1, 0.15) is 18.0 Å². The summed E-state index contributed by atoms with van der Waals surface area (Å²) in [5.74, 6) is 1.15. The van der Waals surface area contributed by atoms with E-state index in [2.05, 4.69) is 10.5 Å². The Morgan fingerprint density at radius 1 is 0.842 bits per heavy atom. The summed E-state index contributed by atoms with van der Waals surface area (Å²) in [4.78, 5) is 12.9. The van der Waals surface area contributed by atoms with Crippen molar-refractivity contribution in [3.05, 3.63) is 66.2 Å². The second-order valence-corrected chi connectivity index (χ2v) is 9.48. The van der Waals surface area contributed by atoms with Gasteiger partial charge in [0.2, 0.25) is 5.75 Å². The molecule has 38 heavy (non-hydrogen) atoms. The van der Waals surface area contributed by atoms with E-state index in [1.54, 1.807) is 42.5 Å². The van der Waals surface area contributed by atoms with Gasteiger partial charge in [0.25, 0.3) is 15.9 Å². The Balaban J connectivity index is 1.92. The molecule has 0 aromatic heterocycles. The van der Waals surface area contributed by atoms with Crippen molar-refractivity contribution in [1.29, 1.82) is 0 Å². The van der Waals surface area contributed by atoms with Crippen LogP contribution in [0.5, 0.6) is 28.7 Å². The lowest BCUT2D eigenvalue weighted by Crippen LogP contribution is -2.39. The fourth-order valence-electron chi connectivity index (χ4n) is 3.53. The molecule has 12 heteroatoms. The van der Waals surface area contributed by atoms with Crippen LogP contribution in [0, 0.1) is 0 Å². The lowest BCUT2D eigenvalue weighted by molar-refractivity contribution is -0.119. The average Bonchev–Trinajstić information content (AvgIpc) is 2.95. The van der Waals surface area contributed by atoms with E-state index in [4.69, 9.17) is 23.7 Å². The molecule has 0 saturated carbocycles. The number of carbonyl (C=O) groups is 1. The zero-order chi connectivity index (χ0) is 27.7. The highest BCUT2D eigenvalue weighted by Crippen LogP contribution is 2.38. The quantitative estimate of drug-likeness (QED) is 0.273. The molecule has 1 N–H and O–H groups in total. The highest BCUT2D eigenvalue weighted by molar-refractivity contribution is 7.92. The second kappa shape index (κ2) is 12.7. The first-order valence-electron chi connectivity index (χ1n) is 11.2. The SMILES string of the molecule is COc1ccc(OC)c(N(CC(=O)N/N=C\c2cc(OC)c(OC)c(OC)c2)S(=O)(=O)c2ccccc2)c1. The third-order valence-corrected chi connectivity index (χ3v) is 7.14. The molecule has 11 nitrogen and oxygen atoms in total. The monoisotopic (exact) mass is 543 g/mol. The van der Waals surface area contributed by atoms with E-state index in [0.29, 0.717) is 28.6 Å². The fraction of sp³-hybridized carbons (Fsp3) is 0.231. The summed E-state index contributed by atoms with van der Waals surface area (Å²) in [5.41, 5.74) is 3.03. The Hall–Kier alpha value is -4.45. The molecule has 0 unspecified atom stereocenters. The van der Waals surface area contributed by atoms with Crippen molar-refractivity contribution >= 4 is 27.8 Å². The minimum atomic E-state index is -4.17. The van der Waals surface area contributed by atoms with Crippen molar-refractivity contribution in [2.24, 2.45) is 5.10 Å². The fourth-order valence-corrected chi connectivity index (χ4v) is 4.98. The molecular formula is C26H29N3O8S. The Morgan fingerprint density at radius 3 is 2.03 bits per heavy atom. The molecule has 3 aromatic rings. The predicted molar refractivity (Wildman–Crippen MR) is 142 cm³/mol. The minimum absolute atomic E-state index is 0.00130. The molecule has 0 aliphatic rings. The van der Waals surface area contributed by atoms with E-state index in [-0.39, 0.29) is 16.3 Å². The number of rotatable bonds is 12. The van der Waals surface area contributed by atoms with Gasteiger partial charge in [-0.1, -0.05) is 18.2 Å². The van der Waals surface area contributed by atoms with E-state index < -0.39 is 22.5 Å². The number of hydrogen-bond acceptors (Lipinski definition) is 9. The molecule has 0 spiro atoms. The third kappa shape index (κ3) is 6.27. The molecule has 0 heterocycles. The van der Waals surface area contributed by atoms with E-state index in [1.807, 2.05) is 0 Å². The average molecular weight is 544 g/mol. The van der Waals surface area contributed by atoms with Gasteiger partial charge in [-0.25, -0.2) is 13.8 Å². The molecule has 0 radical (unpaired) electrons. The zero-order valence-corrected chi connectivity index (χ0v) is 22.4. The van der Waals surface area contributed by atoms with Gasteiger partial charge in [-0.3, -0.25) is 9.10 Å². The number of anilines is 1. The van der Waals surface area contributed by atoms with Gasteiger partial charge in [-0.2, -0.15) is 5.10 Å². The van der Waals surface area contributed by atoms with Crippen LogP contribution in [0.15, 0.2) is 70.7 Å². The number of ether oxygens (including phenoxy) is 5. The maximum absolute atomic E-state index is 13.6. The molecule has 0 fully saturated rings. The molecule has 0 aliphatic carbocycles. The van der Waals surface area contributed by atoms with Gasteiger partial charge in [0.15, 0.2) is 11.5 Å². The second-order valence-electron chi connectivity index (χ2n) is 7.61. The van der Waals surface area contributed by atoms with Crippen molar-refractivity contribution in [2.45, 2.75) is 4.90 Å². The first-order chi connectivity index (χ1) is 18.3. The van der Waals surface area contributed by atoms with Crippen LogP contribution in [0.4, 0.5) is 5.69 Å². The largest absolute Gasteiger partial charge is 0.497 e. The van der Waals surface area contributed by atoms with Gasteiger partial charge < -0.3 is 23.7 Å². The van der Waals surface area contributed by atoms with Crippen LogP contribution in [-0.2, 0) is 14.8 Å². The Labute approximate surface area is 221 Å². The van der Waals surface area contributed by atoms with E-state index in [0.717, 1.165) is 4.31 Å². The molecule has 202 valence electrons. The lowest BCUT2D eigenvalue weighted by Gasteiger charge is -2.25. The van der Waals surface area contributed by atoms with Gasteiger partial charge in [-0.15, -0.1) is 0 Å². The molecule has 0 aliphatic heterocycles. The molecule has 3 aromatic carbocycles. The number of hydrogen-bond donors (Lipinski definition) is 1. The maximum atomic E-state index is 13.6. The van der Waals surface area contributed by atoms with Crippen molar-refractivity contribution < 1.29 is 36.9 Å². The Kier molecular flexibility index (Phi) is 9.39. The molecule has 0 saturated heterocycles. The highest BCUT2D eigenvalue weighted by atomic mass is 32.2. The van der Waals surface area contributed by atoms with Crippen molar-refractivity contribution in [1.82, 2.24) is 5.43 Å². The Bertz CT molecular complexity index is 1370. The maximum Gasteiger partial charge on any atom is 0.264 e. The van der Waals surface area contributed by atoms with Crippen molar-refractivity contribution in [3.8, 4) is 28.7 Å². The molecule has 0 bridgehead atoms. The highest BCUT2D eigenvalue weighted by Gasteiger charge is 2.30. The van der Waals surface area contributed by atoms with Crippen LogP contribution in [0.1, 0.15) is 5.56 Å². The summed E-state index contributed by atoms with van der Waals surface area (Å²) < 4.78 is 54.7. The summed E-state index contributed by atoms with van der Waals surface area (Å²) in [6, 6.07) is 15.7. The van der Waals surface area contributed by atoms with Gasteiger partial charge in [0.05, 0.1) is 52.3 Å². The number of carbonyl (C=O) groups excluding carboxylic acids is 1. The number of benzene rings is 3. The normalized spacial score (nSPS) is 11.1. The van der Waals surface area contributed by atoms with Crippen LogP contribution in [0.3, 0.4) is 0 Å². The minimum Gasteiger partial charge on any atom is -0.497 e. The molecular weight excluding hydrogens is 514 g/mol. The molecule has 3 rings (SSSR count). The van der Waals surface area contributed by atoms with Crippen molar-refractivity contribution in [2.75, 3.05) is 46.4 Å². The van der Waals surface area contributed by atoms with Crippen LogP contribution < -0.4 is 33.4 Å². The summed E-state index contributed by atoms with van der Waals surface area (Å²) in [6.07, 6.45) is 1.37. The number of hydrazone groups is 1. The molecule has 0 atom stereocenters. The lowest BCUT2D eigenvalue weighted by atomic mass is 10.2. The van der Waals surface area contributed by atoms with Crippen LogP contribution in [-0.4, -0.2) is 62.6 Å². The summed E-state index contributed by atoms with van der Waals surface area (Å²) in [6.45, 7) is -0.590. The van der Waals surface area contributed by atoms with Gasteiger partial charge in [-0.05, 0) is 36.4 Å². The summed E-state index contributed by atoms with van der Waals surface area (Å²) in [5, 5.41) is 3.97. The van der Waals surface area contributed by atoms with Crippen LogP contribution >= 0.6 is 0 Å². The number of sulfonamides is 1. The third-order valence-electron chi connectivity index (χ3n) is 5.36. The van der Waals surface area contributed by atoms with E-state index in [9.17, 15) is 13.2 Å². The van der Waals surface area contributed by atoms with E-state index >= 15 is 0 Å². The Morgan fingerprint density at radius 2 is 1.47 bits per heavy atom. The van der Waals surface area contributed by atoms with Crippen LogP contribution in [0.25, 0.3) is 0 Å². The standard InChI is InChI=1S/C26H29N3O8S/c1-33-19-11-12-22(34-2)21(15-19)29(38(31,32)20-9-7-6-8-10-20)17-25(30)28-27-16-18-13-23(35-3)26(37-5)24(14-18)36-4/h6-16H,17H2,1-5H3,(H,28,30)/b27-16-. The topological polar surface area (TPSA) is 125 Å². The predicted octanol–water partition coefficient (Wildman–Crippen LogP) is 3.08. The number of nitrogens with one attached hydrogen (secondary N) is 1. The zero-order valence-electron chi connectivity index (χ0n) is 21.6. The van der Waals surface area contributed by atoms with E-state index in [1.165, 1.54) is 60.0 Å². The summed E-state index contributed by atoms with van der Waals surface area (Å²) >= 11 is 0. The number of nitrogens with zero attached hydrogens (tertiary/aromatic N) is 2. The molecule has 1 amide bonds. The van der Waals surface area contributed by atoms with Crippen molar-refractivity contribution in [3.63, 3.8) is 0 Å².